The number of anilines is 3. The molecule has 3 N–H and O–H groups in total. The van der Waals surface area contributed by atoms with E-state index < -0.39 is 0 Å². The van der Waals surface area contributed by atoms with E-state index in [2.05, 4.69) is 25.9 Å². The molecule has 1 atom stereocenters. The Morgan fingerprint density at radius 1 is 1.30 bits per heavy atom. The van der Waals surface area contributed by atoms with E-state index in [0.29, 0.717) is 23.9 Å². The van der Waals surface area contributed by atoms with Crippen LogP contribution >= 0.6 is 0 Å². The normalized spacial score (nSPS) is 18.0. The van der Waals surface area contributed by atoms with Gasteiger partial charge in [-0.2, -0.15) is 0 Å². The first-order chi connectivity index (χ1) is 11.2. The minimum atomic E-state index is -0.320. The second-order valence-corrected chi connectivity index (χ2v) is 5.34. The third-order valence-electron chi connectivity index (χ3n) is 3.74. The summed E-state index contributed by atoms with van der Waals surface area (Å²) in [6.45, 7) is 2.56. The van der Waals surface area contributed by atoms with Gasteiger partial charge in [0.2, 0.25) is 12.7 Å². The van der Waals surface area contributed by atoms with Crippen molar-refractivity contribution < 1.29 is 14.3 Å². The Labute approximate surface area is 132 Å². The van der Waals surface area contributed by atoms with Crippen LogP contribution in [-0.4, -0.2) is 28.7 Å². The number of carbonyl (C=O) groups excluding carboxylic acids is 1. The Hall–Kier alpha value is -3.03. The molecule has 0 radical (unpaired) electrons. The smallest absolute Gasteiger partial charge is 0.246 e. The topological polar surface area (TPSA) is 97.4 Å². The predicted molar refractivity (Wildman–Crippen MR) is 83.6 cm³/mol. The number of aromatic nitrogens is 2. The quantitative estimate of drug-likeness (QED) is 0.791. The van der Waals surface area contributed by atoms with Gasteiger partial charge in [-0.1, -0.05) is 6.07 Å². The van der Waals surface area contributed by atoms with Gasteiger partial charge in [-0.25, -0.2) is 9.97 Å². The van der Waals surface area contributed by atoms with E-state index in [9.17, 15) is 4.79 Å². The van der Waals surface area contributed by atoms with Gasteiger partial charge < -0.3 is 25.4 Å². The second kappa shape index (κ2) is 5.31. The zero-order valence-corrected chi connectivity index (χ0v) is 12.4. The molecule has 0 bridgehead atoms. The molecule has 0 aliphatic carbocycles. The van der Waals surface area contributed by atoms with Crippen LogP contribution in [0.15, 0.2) is 24.5 Å². The highest BCUT2D eigenvalue weighted by molar-refractivity contribution is 6.04. The zero-order valence-electron chi connectivity index (χ0n) is 12.4. The van der Waals surface area contributed by atoms with Crippen LogP contribution in [0.5, 0.6) is 11.5 Å². The van der Waals surface area contributed by atoms with Gasteiger partial charge in [0.05, 0.1) is 0 Å². The number of nitrogens with zero attached hydrogens (tertiary/aromatic N) is 2. The Balaban J connectivity index is 1.54. The molecule has 0 fully saturated rings. The monoisotopic (exact) mass is 313 g/mol. The third kappa shape index (κ3) is 2.48. The third-order valence-corrected chi connectivity index (χ3v) is 3.74. The van der Waals surface area contributed by atoms with Gasteiger partial charge in [-0.3, -0.25) is 4.79 Å². The fraction of sp³-hybridized carbons (Fsp3) is 0.267. The van der Waals surface area contributed by atoms with Crippen LogP contribution in [0.3, 0.4) is 0 Å². The fourth-order valence-electron chi connectivity index (χ4n) is 2.49. The molecule has 2 aliphatic rings. The van der Waals surface area contributed by atoms with E-state index in [1.807, 2.05) is 18.2 Å². The molecule has 3 heterocycles. The molecule has 1 aromatic heterocycles. The molecule has 0 saturated carbocycles. The molecular weight excluding hydrogens is 298 g/mol. The molecular formula is C15H15N5O3. The van der Waals surface area contributed by atoms with Crippen LogP contribution in [0, 0.1) is 0 Å². The molecule has 23 heavy (non-hydrogen) atoms. The van der Waals surface area contributed by atoms with Crippen molar-refractivity contribution in [1.29, 1.82) is 0 Å². The minimum Gasteiger partial charge on any atom is -0.454 e. The average Bonchev–Trinajstić information content (AvgIpc) is 3.02. The molecule has 1 aromatic carbocycles. The number of carbonyl (C=O) groups is 1. The van der Waals surface area contributed by atoms with Crippen molar-refractivity contribution in [2.45, 2.75) is 19.5 Å². The SMILES string of the molecule is CC1Nc2ncnc(NCc3ccc4c(c3)OCO4)c2NC1=O. The molecule has 1 unspecified atom stereocenters. The van der Waals surface area contributed by atoms with E-state index in [1.54, 1.807) is 6.92 Å². The lowest BCUT2D eigenvalue weighted by Crippen LogP contribution is -2.37. The highest BCUT2D eigenvalue weighted by Gasteiger charge is 2.25. The van der Waals surface area contributed by atoms with E-state index in [-0.39, 0.29) is 18.7 Å². The first-order valence-corrected chi connectivity index (χ1v) is 7.25. The van der Waals surface area contributed by atoms with Gasteiger partial charge in [0.25, 0.3) is 0 Å². The highest BCUT2D eigenvalue weighted by Crippen LogP contribution is 2.33. The fourth-order valence-corrected chi connectivity index (χ4v) is 2.49. The molecule has 0 spiro atoms. The Kier molecular flexibility index (Phi) is 3.14. The van der Waals surface area contributed by atoms with E-state index in [0.717, 1.165) is 17.1 Å². The molecule has 2 aliphatic heterocycles. The van der Waals surface area contributed by atoms with Gasteiger partial charge >= 0.3 is 0 Å². The molecule has 4 rings (SSSR count). The van der Waals surface area contributed by atoms with Crippen molar-refractivity contribution in [3.8, 4) is 11.5 Å². The maximum absolute atomic E-state index is 11.8. The molecule has 118 valence electrons. The van der Waals surface area contributed by atoms with Crippen molar-refractivity contribution in [1.82, 2.24) is 9.97 Å². The number of nitrogens with one attached hydrogen (secondary N) is 3. The zero-order chi connectivity index (χ0) is 15.8. The number of benzene rings is 1. The summed E-state index contributed by atoms with van der Waals surface area (Å²) in [4.78, 5) is 20.2. The van der Waals surface area contributed by atoms with Crippen molar-refractivity contribution in [2.24, 2.45) is 0 Å². The van der Waals surface area contributed by atoms with Gasteiger partial charge in [0.15, 0.2) is 23.1 Å². The standard InChI is InChI=1S/C15H15N5O3/c1-8-15(21)20-12-13(17-6-18-14(12)19-8)16-5-9-2-3-10-11(4-9)23-7-22-10/h2-4,6,8H,5,7H2,1H3,(H,20,21)(H2,16,17,18,19). The summed E-state index contributed by atoms with van der Waals surface area (Å²) in [7, 11) is 0. The van der Waals surface area contributed by atoms with Crippen molar-refractivity contribution in [3.05, 3.63) is 30.1 Å². The average molecular weight is 313 g/mol. The van der Waals surface area contributed by atoms with Crippen molar-refractivity contribution >= 4 is 23.2 Å². The van der Waals surface area contributed by atoms with E-state index >= 15 is 0 Å². The number of ether oxygens (including phenoxy) is 2. The lowest BCUT2D eigenvalue weighted by Gasteiger charge is -2.24. The molecule has 0 saturated heterocycles. The lowest BCUT2D eigenvalue weighted by atomic mass is 10.2. The highest BCUT2D eigenvalue weighted by atomic mass is 16.7. The van der Waals surface area contributed by atoms with Crippen molar-refractivity contribution in [2.75, 3.05) is 22.7 Å². The first-order valence-electron chi connectivity index (χ1n) is 7.25. The molecule has 8 nitrogen and oxygen atoms in total. The summed E-state index contributed by atoms with van der Waals surface area (Å²) in [5, 5.41) is 9.08. The maximum Gasteiger partial charge on any atom is 0.246 e. The largest absolute Gasteiger partial charge is 0.454 e. The molecule has 8 heteroatoms. The molecule has 1 amide bonds. The van der Waals surface area contributed by atoms with E-state index in [1.165, 1.54) is 6.33 Å². The summed E-state index contributed by atoms with van der Waals surface area (Å²) in [5.74, 6) is 2.55. The van der Waals surface area contributed by atoms with Crippen LogP contribution in [0.4, 0.5) is 17.3 Å². The Morgan fingerprint density at radius 3 is 3.09 bits per heavy atom. The van der Waals surface area contributed by atoms with Crippen LogP contribution in [0.2, 0.25) is 0 Å². The maximum atomic E-state index is 11.8. The van der Waals surface area contributed by atoms with Gasteiger partial charge in [0, 0.05) is 6.54 Å². The molecule has 2 aromatic rings. The summed E-state index contributed by atoms with van der Waals surface area (Å²) in [6, 6.07) is 5.42. The van der Waals surface area contributed by atoms with Crippen LogP contribution < -0.4 is 25.4 Å². The summed E-state index contributed by atoms with van der Waals surface area (Å²) < 4.78 is 10.7. The number of fused-ring (bicyclic) bond motifs is 2. The van der Waals surface area contributed by atoms with Gasteiger partial charge in [-0.15, -0.1) is 0 Å². The number of hydrogen-bond acceptors (Lipinski definition) is 7. The second-order valence-electron chi connectivity index (χ2n) is 5.34. The number of amides is 1. The van der Waals surface area contributed by atoms with Gasteiger partial charge in [-0.05, 0) is 24.6 Å². The van der Waals surface area contributed by atoms with Crippen LogP contribution in [0.1, 0.15) is 12.5 Å². The predicted octanol–water partition coefficient (Wildman–Crippen LogP) is 1.57. The minimum absolute atomic E-state index is 0.113. The van der Waals surface area contributed by atoms with Crippen LogP contribution in [-0.2, 0) is 11.3 Å². The number of hydrogen-bond donors (Lipinski definition) is 3. The van der Waals surface area contributed by atoms with Crippen LogP contribution in [0.25, 0.3) is 0 Å². The summed E-state index contributed by atoms with van der Waals surface area (Å²) in [5.41, 5.74) is 1.58. The first kappa shape index (κ1) is 13.6. The summed E-state index contributed by atoms with van der Waals surface area (Å²) in [6.07, 6.45) is 1.46. The lowest BCUT2D eigenvalue weighted by molar-refractivity contribution is -0.116. The van der Waals surface area contributed by atoms with Crippen molar-refractivity contribution in [3.63, 3.8) is 0 Å². The Morgan fingerprint density at radius 2 is 2.17 bits per heavy atom. The van der Waals surface area contributed by atoms with E-state index in [4.69, 9.17) is 9.47 Å². The Bertz CT molecular complexity index is 780. The summed E-state index contributed by atoms with van der Waals surface area (Å²) >= 11 is 0. The number of rotatable bonds is 3. The van der Waals surface area contributed by atoms with Gasteiger partial charge in [0.1, 0.15) is 18.1 Å².